The summed E-state index contributed by atoms with van der Waals surface area (Å²) in [6.45, 7) is 0. The predicted octanol–water partition coefficient (Wildman–Crippen LogP) is -0.0287. The lowest BCUT2D eigenvalue weighted by Crippen LogP contribution is -2.15. The Labute approximate surface area is 91.5 Å². The molecular weight excluding hydrogens is 214 g/mol. The van der Waals surface area contributed by atoms with Gasteiger partial charge in [0.25, 0.3) is 0 Å². The van der Waals surface area contributed by atoms with Gasteiger partial charge in [-0.3, -0.25) is 0 Å². The first-order valence-corrected chi connectivity index (χ1v) is 4.24. The number of nitrogens with two attached hydrogens (primary N) is 1. The number of hydrogen-bond acceptors (Lipinski definition) is 6. The van der Waals surface area contributed by atoms with Crippen molar-refractivity contribution in [1.29, 1.82) is 0 Å². The Hall–Kier alpha value is -2.31. The highest BCUT2D eigenvalue weighted by atomic mass is 16.5. The van der Waals surface area contributed by atoms with Crippen LogP contribution in [-0.2, 0) is 4.74 Å². The second-order valence-electron chi connectivity index (χ2n) is 2.75. The lowest BCUT2D eigenvalue weighted by molar-refractivity contribution is 0.0590. The van der Waals surface area contributed by atoms with Crippen molar-refractivity contribution in [2.75, 3.05) is 14.2 Å². The Kier molecular flexibility index (Phi) is 3.65. The molecule has 1 aromatic rings. The number of aromatic nitrogens is 1. The first kappa shape index (κ1) is 11.8. The van der Waals surface area contributed by atoms with Gasteiger partial charge < -0.3 is 20.4 Å². The molecule has 0 atom stereocenters. The summed E-state index contributed by atoms with van der Waals surface area (Å²) in [4.78, 5) is 15.1. The number of carbonyl (C=O) groups excluding carboxylic acids is 1. The second kappa shape index (κ2) is 4.96. The van der Waals surface area contributed by atoms with E-state index in [0.29, 0.717) is 5.56 Å². The van der Waals surface area contributed by atoms with Crippen LogP contribution < -0.4 is 10.5 Å². The third kappa shape index (κ3) is 2.19. The maximum atomic E-state index is 11.3. The standard InChI is InChI=1S/C9H11N3O4/c1-15-6-3-5(8(10)12-14)4-11-7(6)9(13)16-2/h3-4,14H,1-2H3,(H2,10,12). The lowest BCUT2D eigenvalue weighted by atomic mass is 10.2. The van der Waals surface area contributed by atoms with Crippen molar-refractivity contribution in [2.24, 2.45) is 10.9 Å². The molecule has 0 fully saturated rings. The van der Waals surface area contributed by atoms with Crippen LogP contribution in [0.4, 0.5) is 0 Å². The van der Waals surface area contributed by atoms with Crippen LogP contribution in [0.3, 0.4) is 0 Å². The summed E-state index contributed by atoms with van der Waals surface area (Å²) < 4.78 is 9.46. The normalized spacial score (nSPS) is 11.0. The smallest absolute Gasteiger partial charge is 0.360 e. The van der Waals surface area contributed by atoms with Gasteiger partial charge in [0, 0.05) is 11.8 Å². The molecule has 0 saturated carbocycles. The van der Waals surface area contributed by atoms with Crippen LogP contribution in [0.15, 0.2) is 17.4 Å². The number of carbonyl (C=O) groups is 1. The van der Waals surface area contributed by atoms with E-state index in [4.69, 9.17) is 15.7 Å². The summed E-state index contributed by atoms with van der Waals surface area (Å²) in [7, 11) is 2.61. The molecule has 1 rings (SSSR count). The minimum Gasteiger partial charge on any atom is -0.494 e. The molecule has 0 amide bonds. The first-order valence-electron chi connectivity index (χ1n) is 4.24. The van der Waals surface area contributed by atoms with Crippen molar-refractivity contribution in [1.82, 2.24) is 4.98 Å². The van der Waals surface area contributed by atoms with Crippen LogP contribution in [0.1, 0.15) is 16.1 Å². The molecule has 0 unspecified atom stereocenters. The minimum absolute atomic E-state index is 0.0273. The monoisotopic (exact) mass is 225 g/mol. The average molecular weight is 225 g/mol. The van der Waals surface area contributed by atoms with Gasteiger partial charge in [-0.2, -0.15) is 0 Å². The molecule has 1 aromatic heterocycles. The largest absolute Gasteiger partial charge is 0.494 e. The van der Waals surface area contributed by atoms with E-state index in [0.717, 1.165) is 0 Å². The summed E-state index contributed by atoms with van der Waals surface area (Å²) in [6, 6.07) is 1.42. The fourth-order valence-corrected chi connectivity index (χ4v) is 1.05. The Morgan fingerprint density at radius 1 is 1.56 bits per heavy atom. The summed E-state index contributed by atoms with van der Waals surface area (Å²) in [5.74, 6) is -0.555. The molecule has 0 saturated heterocycles. The van der Waals surface area contributed by atoms with Gasteiger partial charge in [-0.15, -0.1) is 0 Å². The van der Waals surface area contributed by atoms with Gasteiger partial charge in [0.05, 0.1) is 14.2 Å². The van der Waals surface area contributed by atoms with E-state index in [9.17, 15) is 4.79 Å². The SMILES string of the molecule is COC(=O)c1ncc(C(N)=NO)cc1OC. The van der Waals surface area contributed by atoms with Crippen LogP contribution in [0.25, 0.3) is 0 Å². The van der Waals surface area contributed by atoms with E-state index in [-0.39, 0.29) is 17.3 Å². The number of nitrogens with zero attached hydrogens (tertiary/aromatic N) is 2. The highest BCUT2D eigenvalue weighted by Gasteiger charge is 2.16. The summed E-state index contributed by atoms with van der Waals surface area (Å²) in [5.41, 5.74) is 5.73. The molecule has 0 aliphatic heterocycles. The van der Waals surface area contributed by atoms with Crippen molar-refractivity contribution in [3.05, 3.63) is 23.5 Å². The Morgan fingerprint density at radius 2 is 2.25 bits per heavy atom. The van der Waals surface area contributed by atoms with E-state index in [1.165, 1.54) is 26.5 Å². The van der Waals surface area contributed by atoms with Gasteiger partial charge in [-0.25, -0.2) is 9.78 Å². The van der Waals surface area contributed by atoms with E-state index < -0.39 is 5.97 Å². The highest BCUT2D eigenvalue weighted by molar-refractivity contribution is 5.98. The zero-order valence-electron chi connectivity index (χ0n) is 8.80. The summed E-state index contributed by atoms with van der Waals surface area (Å²) in [5, 5.41) is 11.3. The van der Waals surface area contributed by atoms with Gasteiger partial charge in [0.15, 0.2) is 17.3 Å². The van der Waals surface area contributed by atoms with Crippen LogP contribution in [0.5, 0.6) is 5.75 Å². The summed E-state index contributed by atoms with van der Waals surface area (Å²) in [6.07, 6.45) is 1.28. The quantitative estimate of drug-likeness (QED) is 0.246. The molecule has 7 nitrogen and oxygen atoms in total. The molecule has 3 N–H and O–H groups in total. The fourth-order valence-electron chi connectivity index (χ4n) is 1.05. The lowest BCUT2D eigenvalue weighted by Gasteiger charge is -2.07. The fraction of sp³-hybridized carbons (Fsp3) is 0.222. The molecule has 0 radical (unpaired) electrons. The van der Waals surface area contributed by atoms with Gasteiger partial charge in [-0.1, -0.05) is 5.16 Å². The summed E-state index contributed by atoms with van der Waals surface area (Å²) >= 11 is 0. The number of esters is 1. The van der Waals surface area contributed by atoms with Crippen LogP contribution >= 0.6 is 0 Å². The Morgan fingerprint density at radius 3 is 2.75 bits per heavy atom. The predicted molar refractivity (Wildman–Crippen MR) is 54.6 cm³/mol. The second-order valence-corrected chi connectivity index (χ2v) is 2.75. The van der Waals surface area contributed by atoms with Crippen LogP contribution in [-0.4, -0.2) is 36.2 Å². The Balaban J connectivity index is 3.22. The third-order valence-electron chi connectivity index (χ3n) is 1.85. The third-order valence-corrected chi connectivity index (χ3v) is 1.85. The maximum absolute atomic E-state index is 11.3. The number of rotatable bonds is 3. The number of amidine groups is 1. The van der Waals surface area contributed by atoms with Crippen molar-refractivity contribution >= 4 is 11.8 Å². The zero-order valence-corrected chi connectivity index (χ0v) is 8.80. The molecule has 7 heteroatoms. The number of oxime groups is 1. The highest BCUT2D eigenvalue weighted by Crippen LogP contribution is 2.18. The van der Waals surface area contributed by atoms with Gasteiger partial charge in [-0.05, 0) is 6.07 Å². The van der Waals surface area contributed by atoms with Crippen molar-refractivity contribution in [2.45, 2.75) is 0 Å². The number of methoxy groups -OCH3 is 2. The molecule has 86 valence electrons. The first-order chi connectivity index (χ1) is 7.63. The van der Waals surface area contributed by atoms with E-state index in [2.05, 4.69) is 14.9 Å². The maximum Gasteiger partial charge on any atom is 0.360 e. The van der Waals surface area contributed by atoms with E-state index in [1.807, 2.05) is 0 Å². The number of ether oxygens (including phenoxy) is 2. The number of pyridine rings is 1. The molecule has 0 aliphatic carbocycles. The van der Waals surface area contributed by atoms with Gasteiger partial charge >= 0.3 is 5.97 Å². The van der Waals surface area contributed by atoms with Gasteiger partial charge in [0.1, 0.15) is 0 Å². The van der Waals surface area contributed by atoms with Crippen LogP contribution in [0.2, 0.25) is 0 Å². The van der Waals surface area contributed by atoms with Crippen molar-refractivity contribution in [3.8, 4) is 5.75 Å². The molecule has 0 aliphatic rings. The Bertz CT molecular complexity index is 431. The van der Waals surface area contributed by atoms with E-state index >= 15 is 0 Å². The topological polar surface area (TPSA) is 107 Å². The minimum atomic E-state index is -0.622. The molecule has 0 spiro atoms. The van der Waals surface area contributed by atoms with Gasteiger partial charge in [0.2, 0.25) is 0 Å². The zero-order chi connectivity index (χ0) is 12.1. The molecule has 0 aromatic carbocycles. The van der Waals surface area contributed by atoms with Crippen molar-refractivity contribution < 1.29 is 19.5 Å². The molecular formula is C9H11N3O4. The number of hydrogen-bond donors (Lipinski definition) is 2. The van der Waals surface area contributed by atoms with E-state index in [1.54, 1.807) is 0 Å². The molecule has 1 heterocycles. The molecule has 16 heavy (non-hydrogen) atoms. The van der Waals surface area contributed by atoms with Crippen molar-refractivity contribution in [3.63, 3.8) is 0 Å². The average Bonchev–Trinajstić information content (AvgIpc) is 2.35. The van der Waals surface area contributed by atoms with Crippen LogP contribution in [0, 0.1) is 0 Å². The molecule has 0 bridgehead atoms.